The molecular weight excluding hydrogens is 297 g/mol. The van der Waals surface area contributed by atoms with Crippen LogP contribution < -0.4 is 5.32 Å². The lowest BCUT2D eigenvalue weighted by atomic mass is 10.3. The second kappa shape index (κ2) is 6.69. The van der Waals surface area contributed by atoms with Crippen LogP contribution in [0, 0.1) is 0 Å². The van der Waals surface area contributed by atoms with E-state index in [1.807, 2.05) is 0 Å². The number of amides is 1. The van der Waals surface area contributed by atoms with Crippen molar-refractivity contribution >= 4 is 28.4 Å². The largest absolute Gasteiger partial charge is 0.395 e. The summed E-state index contributed by atoms with van der Waals surface area (Å²) >= 11 is 6.06. The van der Waals surface area contributed by atoms with E-state index in [1.54, 1.807) is 16.7 Å². The zero-order valence-electron chi connectivity index (χ0n) is 11.3. The molecule has 112 valence electrons. The summed E-state index contributed by atoms with van der Waals surface area (Å²) in [6, 6.07) is 3.37. The number of aliphatic hydroxyl groups is 1. The molecule has 0 aliphatic carbocycles. The van der Waals surface area contributed by atoms with Gasteiger partial charge in [-0.05, 0) is 12.1 Å². The fourth-order valence-corrected chi connectivity index (χ4v) is 2.36. The summed E-state index contributed by atoms with van der Waals surface area (Å²) in [4.78, 5) is 16.2. The maximum atomic E-state index is 12.2. The fourth-order valence-electron chi connectivity index (χ4n) is 2.09. The van der Waals surface area contributed by atoms with Crippen LogP contribution in [0.15, 0.2) is 30.6 Å². The van der Waals surface area contributed by atoms with Gasteiger partial charge in [0.05, 0.1) is 18.8 Å². The standard InChI is InChI=1S/C14H15ClFN3O2/c1-9(2-4-16)18-14(21)11-8-10-3-5-17-13(15)12(10)19(11)6-7-20/h3,5,8,20H,1-2,4,6-7H2,(H,18,21). The molecule has 2 aromatic heterocycles. The second-order valence-electron chi connectivity index (χ2n) is 4.44. The van der Waals surface area contributed by atoms with E-state index in [0.29, 0.717) is 16.9 Å². The van der Waals surface area contributed by atoms with Crippen LogP contribution in [-0.2, 0) is 6.54 Å². The first-order valence-corrected chi connectivity index (χ1v) is 6.76. The zero-order valence-corrected chi connectivity index (χ0v) is 12.0. The monoisotopic (exact) mass is 311 g/mol. The average molecular weight is 312 g/mol. The van der Waals surface area contributed by atoms with Crippen molar-refractivity contribution in [1.29, 1.82) is 0 Å². The van der Waals surface area contributed by atoms with Crippen molar-refractivity contribution < 1.29 is 14.3 Å². The fraction of sp³-hybridized carbons (Fsp3) is 0.286. The molecule has 2 rings (SSSR count). The predicted octanol–water partition coefficient (Wildman–Crippen LogP) is 2.29. The third kappa shape index (κ3) is 3.22. The number of allylic oxidation sites excluding steroid dienone is 1. The molecule has 21 heavy (non-hydrogen) atoms. The molecule has 0 unspecified atom stereocenters. The van der Waals surface area contributed by atoms with Gasteiger partial charge in [0, 0.05) is 30.2 Å². The maximum absolute atomic E-state index is 12.2. The number of carbonyl (C=O) groups is 1. The van der Waals surface area contributed by atoms with Gasteiger partial charge in [0.15, 0.2) is 5.15 Å². The molecule has 5 nitrogen and oxygen atoms in total. The number of nitrogens with zero attached hydrogens (tertiary/aromatic N) is 2. The molecule has 1 amide bonds. The van der Waals surface area contributed by atoms with Crippen LogP contribution in [0.2, 0.25) is 5.15 Å². The molecule has 2 N–H and O–H groups in total. The topological polar surface area (TPSA) is 67.2 Å². The van der Waals surface area contributed by atoms with Gasteiger partial charge in [-0.25, -0.2) is 4.98 Å². The van der Waals surface area contributed by atoms with Gasteiger partial charge in [0.1, 0.15) is 5.69 Å². The predicted molar refractivity (Wildman–Crippen MR) is 79.0 cm³/mol. The lowest BCUT2D eigenvalue weighted by Gasteiger charge is -2.11. The van der Waals surface area contributed by atoms with Gasteiger partial charge in [0.2, 0.25) is 0 Å². The minimum atomic E-state index is -0.589. The van der Waals surface area contributed by atoms with Gasteiger partial charge in [-0.1, -0.05) is 18.2 Å². The number of halogens is 2. The molecule has 0 atom stereocenters. The number of hydrogen-bond acceptors (Lipinski definition) is 3. The molecule has 0 saturated heterocycles. The first-order valence-electron chi connectivity index (χ1n) is 6.38. The molecule has 0 saturated carbocycles. The highest BCUT2D eigenvalue weighted by Crippen LogP contribution is 2.25. The first-order chi connectivity index (χ1) is 10.1. The van der Waals surface area contributed by atoms with E-state index in [1.165, 1.54) is 6.20 Å². The Balaban J connectivity index is 2.43. The van der Waals surface area contributed by atoms with E-state index in [4.69, 9.17) is 11.6 Å². The van der Waals surface area contributed by atoms with Gasteiger partial charge < -0.3 is 15.0 Å². The third-order valence-corrected chi connectivity index (χ3v) is 3.28. The van der Waals surface area contributed by atoms with E-state index in [2.05, 4.69) is 16.9 Å². The lowest BCUT2D eigenvalue weighted by Crippen LogP contribution is -2.25. The van der Waals surface area contributed by atoms with Crippen LogP contribution in [0.25, 0.3) is 10.9 Å². The quantitative estimate of drug-likeness (QED) is 0.804. The summed E-state index contributed by atoms with van der Waals surface area (Å²) in [5.74, 6) is -0.422. The van der Waals surface area contributed by atoms with Crippen molar-refractivity contribution in [2.24, 2.45) is 0 Å². The molecule has 2 heterocycles. The molecular formula is C14H15ClFN3O2. The van der Waals surface area contributed by atoms with Gasteiger partial charge in [-0.2, -0.15) is 0 Å². The van der Waals surface area contributed by atoms with Gasteiger partial charge >= 0.3 is 0 Å². The summed E-state index contributed by atoms with van der Waals surface area (Å²) in [7, 11) is 0. The van der Waals surface area contributed by atoms with Crippen LogP contribution >= 0.6 is 11.6 Å². The highest BCUT2D eigenvalue weighted by atomic mass is 35.5. The van der Waals surface area contributed by atoms with Crippen molar-refractivity contribution in [2.45, 2.75) is 13.0 Å². The van der Waals surface area contributed by atoms with Crippen LogP contribution in [0.3, 0.4) is 0 Å². The van der Waals surface area contributed by atoms with Crippen molar-refractivity contribution in [1.82, 2.24) is 14.9 Å². The number of rotatable bonds is 6. The van der Waals surface area contributed by atoms with Crippen molar-refractivity contribution in [3.05, 3.63) is 41.5 Å². The van der Waals surface area contributed by atoms with Crippen molar-refractivity contribution in [3.63, 3.8) is 0 Å². The van der Waals surface area contributed by atoms with Gasteiger partial charge in [-0.3, -0.25) is 9.18 Å². The van der Waals surface area contributed by atoms with Crippen LogP contribution in [0.5, 0.6) is 0 Å². The third-order valence-electron chi connectivity index (χ3n) is 3.01. The Kier molecular flexibility index (Phi) is 4.93. The minimum absolute atomic E-state index is 0.0638. The molecule has 0 bridgehead atoms. The number of fused-ring (bicyclic) bond motifs is 1. The average Bonchev–Trinajstić information content (AvgIpc) is 2.80. The second-order valence-corrected chi connectivity index (χ2v) is 4.80. The number of hydrogen-bond donors (Lipinski definition) is 2. The van der Waals surface area contributed by atoms with Gasteiger partial charge in [0.25, 0.3) is 5.91 Å². The highest BCUT2D eigenvalue weighted by molar-refractivity contribution is 6.34. The SMILES string of the molecule is C=C(CCF)NC(=O)c1cc2ccnc(Cl)c2n1CCO. The number of pyridine rings is 1. The minimum Gasteiger partial charge on any atom is -0.395 e. The molecule has 0 aliphatic rings. The number of aromatic nitrogens is 2. The Bertz CT molecular complexity index is 684. The summed E-state index contributed by atoms with van der Waals surface area (Å²) in [5.41, 5.74) is 1.19. The Hall–Kier alpha value is -1.92. The van der Waals surface area contributed by atoms with Gasteiger partial charge in [-0.15, -0.1) is 0 Å². The van der Waals surface area contributed by atoms with E-state index >= 15 is 0 Å². The summed E-state index contributed by atoms with van der Waals surface area (Å²) in [5, 5.41) is 12.7. The number of aliphatic hydroxyl groups excluding tert-OH is 1. The van der Waals surface area contributed by atoms with E-state index < -0.39 is 12.6 Å². The van der Waals surface area contributed by atoms with Crippen LogP contribution in [0.4, 0.5) is 4.39 Å². The molecule has 0 aliphatic heterocycles. The van der Waals surface area contributed by atoms with Crippen molar-refractivity contribution in [2.75, 3.05) is 13.3 Å². The van der Waals surface area contributed by atoms with E-state index in [0.717, 1.165) is 5.39 Å². The summed E-state index contributed by atoms with van der Waals surface area (Å²) < 4.78 is 13.8. The zero-order chi connectivity index (χ0) is 15.4. The number of carbonyl (C=O) groups excluding carboxylic acids is 1. The molecule has 2 aromatic rings. The Morgan fingerprint density at radius 1 is 1.57 bits per heavy atom. The molecule has 7 heteroatoms. The molecule has 0 spiro atoms. The summed E-state index contributed by atoms with van der Waals surface area (Å²) in [6.07, 6.45) is 1.60. The Morgan fingerprint density at radius 2 is 2.33 bits per heavy atom. The number of nitrogens with one attached hydrogen (secondary N) is 1. The highest BCUT2D eigenvalue weighted by Gasteiger charge is 2.18. The maximum Gasteiger partial charge on any atom is 0.272 e. The van der Waals surface area contributed by atoms with Crippen molar-refractivity contribution in [3.8, 4) is 0 Å². The van der Waals surface area contributed by atoms with Crippen LogP contribution in [0.1, 0.15) is 16.9 Å². The molecule has 0 radical (unpaired) electrons. The number of alkyl halides is 1. The normalized spacial score (nSPS) is 10.8. The van der Waals surface area contributed by atoms with Crippen LogP contribution in [-0.4, -0.2) is 33.8 Å². The Morgan fingerprint density at radius 3 is 3.00 bits per heavy atom. The smallest absolute Gasteiger partial charge is 0.272 e. The molecule has 0 aromatic carbocycles. The van der Waals surface area contributed by atoms with E-state index in [-0.39, 0.29) is 24.7 Å². The first kappa shape index (κ1) is 15.5. The summed E-state index contributed by atoms with van der Waals surface area (Å²) in [6.45, 7) is 3.05. The molecule has 0 fully saturated rings. The Labute approximate surface area is 126 Å². The lowest BCUT2D eigenvalue weighted by molar-refractivity contribution is 0.0954. The van der Waals surface area contributed by atoms with E-state index in [9.17, 15) is 14.3 Å².